The van der Waals surface area contributed by atoms with Crippen molar-refractivity contribution in [2.45, 2.75) is 5.92 Å². The van der Waals surface area contributed by atoms with Gasteiger partial charge in [-0.25, -0.2) is 4.85 Å². The molecule has 1 aliphatic carbocycles. The first kappa shape index (κ1) is 23.6. The number of hydrogen-bond donors (Lipinski definition) is 0. The van der Waals surface area contributed by atoms with Crippen LogP contribution >= 0.6 is 0 Å². The second-order valence-electron chi connectivity index (χ2n) is 11.1. The second-order valence-corrected chi connectivity index (χ2v) is 11.1. The van der Waals surface area contributed by atoms with Crippen LogP contribution in [0.2, 0.25) is 0 Å². The number of benzene rings is 6. The third kappa shape index (κ3) is 3.18. The number of aromatic nitrogens is 1. The second kappa shape index (κ2) is 8.70. The van der Waals surface area contributed by atoms with Crippen molar-refractivity contribution < 1.29 is 4.42 Å². The lowest BCUT2D eigenvalue weighted by Crippen LogP contribution is -2.00. The standard InChI is InChI=1S/C39H21N3O/c1-41-33-20-23(14-15-24(33)22-40)37-29-17-16-25(42-34-11-5-2-8-26(34)27-9-3-6-12-35(27)42)21-32(29)38-31(37)19-18-30-28-10-4-7-13-36(28)43-39(30)38/h2-21,37H. The van der Waals surface area contributed by atoms with E-state index in [4.69, 9.17) is 11.0 Å². The molecule has 2 heterocycles. The van der Waals surface area contributed by atoms with E-state index in [0.29, 0.717) is 11.3 Å². The fourth-order valence-corrected chi connectivity index (χ4v) is 7.12. The van der Waals surface area contributed by atoms with Gasteiger partial charge in [-0.3, -0.25) is 0 Å². The average molecular weight is 548 g/mol. The Kier molecular flexibility index (Phi) is 4.77. The average Bonchev–Trinajstić information content (AvgIpc) is 3.71. The van der Waals surface area contributed by atoms with Crippen LogP contribution in [0.25, 0.3) is 65.4 Å². The largest absolute Gasteiger partial charge is 0.455 e. The molecule has 4 heteroatoms. The lowest BCUT2D eigenvalue weighted by Gasteiger charge is -2.16. The van der Waals surface area contributed by atoms with Gasteiger partial charge in [0.25, 0.3) is 0 Å². The Morgan fingerprint density at radius 2 is 1.40 bits per heavy atom. The van der Waals surface area contributed by atoms with Crippen LogP contribution in [-0.2, 0) is 0 Å². The Hall–Kier alpha value is -6.10. The Balaban J connectivity index is 1.37. The molecule has 0 saturated carbocycles. The monoisotopic (exact) mass is 547 g/mol. The van der Waals surface area contributed by atoms with E-state index < -0.39 is 0 Å². The van der Waals surface area contributed by atoms with Crippen molar-refractivity contribution in [1.82, 2.24) is 4.57 Å². The fourth-order valence-electron chi connectivity index (χ4n) is 7.12. The molecule has 1 aliphatic rings. The first-order chi connectivity index (χ1) is 21.2. The van der Waals surface area contributed by atoms with E-state index in [2.05, 4.69) is 100 Å². The summed E-state index contributed by atoms with van der Waals surface area (Å²) in [6.07, 6.45) is 0. The van der Waals surface area contributed by atoms with E-state index in [1.54, 1.807) is 6.07 Å². The maximum atomic E-state index is 9.57. The van der Waals surface area contributed by atoms with Gasteiger partial charge in [0, 0.05) is 38.7 Å². The quantitative estimate of drug-likeness (QED) is 0.202. The van der Waals surface area contributed by atoms with Gasteiger partial charge < -0.3 is 8.98 Å². The molecule has 43 heavy (non-hydrogen) atoms. The molecule has 2 aromatic heterocycles. The van der Waals surface area contributed by atoms with Gasteiger partial charge in [0.05, 0.1) is 29.2 Å². The van der Waals surface area contributed by atoms with Gasteiger partial charge in [-0.1, -0.05) is 91.0 Å². The van der Waals surface area contributed by atoms with Crippen molar-refractivity contribution in [2.24, 2.45) is 0 Å². The fraction of sp³-hybridized carbons (Fsp3) is 0.0256. The zero-order chi connectivity index (χ0) is 28.7. The van der Waals surface area contributed by atoms with Crippen LogP contribution < -0.4 is 0 Å². The van der Waals surface area contributed by atoms with Crippen molar-refractivity contribution in [2.75, 3.05) is 0 Å². The minimum Gasteiger partial charge on any atom is -0.455 e. The smallest absolute Gasteiger partial charge is 0.204 e. The third-order valence-corrected chi connectivity index (χ3v) is 8.94. The summed E-state index contributed by atoms with van der Waals surface area (Å²) in [6, 6.07) is 44.2. The highest BCUT2D eigenvalue weighted by Crippen LogP contribution is 2.53. The van der Waals surface area contributed by atoms with Crippen LogP contribution in [-0.4, -0.2) is 4.57 Å². The molecule has 0 amide bonds. The molecule has 0 N–H and O–H groups in total. The summed E-state index contributed by atoms with van der Waals surface area (Å²) in [5, 5.41) is 14.2. The van der Waals surface area contributed by atoms with Crippen molar-refractivity contribution in [3.8, 4) is 22.9 Å². The Morgan fingerprint density at radius 1 is 0.698 bits per heavy atom. The number of fused-ring (bicyclic) bond motifs is 10. The molecule has 0 spiro atoms. The molecule has 1 atom stereocenters. The van der Waals surface area contributed by atoms with E-state index in [1.165, 1.54) is 10.8 Å². The maximum Gasteiger partial charge on any atom is 0.204 e. The Labute approximate surface area is 247 Å². The molecular formula is C39H21N3O. The Morgan fingerprint density at radius 3 is 2.14 bits per heavy atom. The number of furan rings is 1. The summed E-state index contributed by atoms with van der Waals surface area (Å²) in [4.78, 5) is 3.68. The van der Waals surface area contributed by atoms with Crippen LogP contribution in [0.15, 0.2) is 126 Å². The molecule has 0 radical (unpaired) electrons. The van der Waals surface area contributed by atoms with Gasteiger partial charge >= 0.3 is 0 Å². The first-order valence-electron chi connectivity index (χ1n) is 14.2. The van der Waals surface area contributed by atoms with Gasteiger partial charge in [0.1, 0.15) is 11.2 Å². The van der Waals surface area contributed by atoms with Crippen molar-refractivity contribution >= 4 is 49.4 Å². The first-order valence-corrected chi connectivity index (χ1v) is 14.2. The number of para-hydroxylation sites is 3. The minimum absolute atomic E-state index is 0.0944. The molecule has 0 saturated heterocycles. The summed E-state index contributed by atoms with van der Waals surface area (Å²) in [7, 11) is 0. The van der Waals surface area contributed by atoms with Gasteiger partial charge in [-0.2, -0.15) is 5.26 Å². The van der Waals surface area contributed by atoms with Crippen LogP contribution in [0.3, 0.4) is 0 Å². The van der Waals surface area contributed by atoms with E-state index >= 15 is 0 Å². The SMILES string of the molecule is [C-]#[N+]c1cc(C2c3ccc(-n4c5ccccc5c5ccccc54)cc3-c3c2ccc2c3oc3ccccc32)ccc1C#N. The van der Waals surface area contributed by atoms with Crippen LogP contribution in [0, 0.1) is 17.9 Å². The third-order valence-electron chi connectivity index (χ3n) is 8.94. The van der Waals surface area contributed by atoms with Gasteiger partial charge in [-0.15, -0.1) is 0 Å². The maximum absolute atomic E-state index is 9.57. The molecule has 6 aromatic carbocycles. The molecule has 0 fully saturated rings. The van der Waals surface area contributed by atoms with Crippen molar-refractivity contribution in [3.63, 3.8) is 0 Å². The highest BCUT2D eigenvalue weighted by atomic mass is 16.3. The lowest BCUT2D eigenvalue weighted by atomic mass is 9.88. The summed E-state index contributed by atoms with van der Waals surface area (Å²) in [6.45, 7) is 7.71. The molecule has 0 bridgehead atoms. The van der Waals surface area contributed by atoms with Crippen LogP contribution in [0.1, 0.15) is 28.2 Å². The van der Waals surface area contributed by atoms with Crippen molar-refractivity contribution in [1.29, 1.82) is 5.26 Å². The van der Waals surface area contributed by atoms with Gasteiger partial charge in [0.2, 0.25) is 5.69 Å². The highest BCUT2D eigenvalue weighted by molar-refractivity contribution is 6.12. The highest BCUT2D eigenvalue weighted by Gasteiger charge is 2.34. The van der Waals surface area contributed by atoms with E-state index in [-0.39, 0.29) is 5.92 Å². The van der Waals surface area contributed by atoms with Crippen LogP contribution in [0.5, 0.6) is 0 Å². The van der Waals surface area contributed by atoms with E-state index in [0.717, 1.165) is 66.5 Å². The van der Waals surface area contributed by atoms with Crippen LogP contribution in [0.4, 0.5) is 5.69 Å². The molecular weight excluding hydrogens is 526 g/mol. The number of rotatable bonds is 2. The zero-order valence-corrected chi connectivity index (χ0v) is 22.9. The van der Waals surface area contributed by atoms with Gasteiger partial charge in [0.15, 0.2) is 0 Å². The van der Waals surface area contributed by atoms with E-state index in [1.807, 2.05) is 30.3 Å². The molecule has 8 aromatic rings. The number of nitriles is 1. The van der Waals surface area contributed by atoms with E-state index in [9.17, 15) is 5.26 Å². The predicted octanol–water partition coefficient (Wildman–Crippen LogP) is 10.3. The number of nitrogens with zero attached hydrogens (tertiary/aromatic N) is 3. The summed E-state index contributed by atoms with van der Waals surface area (Å²) < 4.78 is 8.93. The van der Waals surface area contributed by atoms with Gasteiger partial charge in [-0.05, 0) is 52.6 Å². The molecule has 0 aliphatic heterocycles. The van der Waals surface area contributed by atoms with Crippen molar-refractivity contribution in [3.05, 3.63) is 155 Å². The predicted molar refractivity (Wildman–Crippen MR) is 172 cm³/mol. The summed E-state index contributed by atoms with van der Waals surface area (Å²) in [5.74, 6) is -0.0944. The lowest BCUT2D eigenvalue weighted by molar-refractivity contribution is 0.670. The topological polar surface area (TPSA) is 46.2 Å². The summed E-state index contributed by atoms with van der Waals surface area (Å²) >= 11 is 0. The normalized spacial score (nSPS) is 13.8. The molecule has 4 nitrogen and oxygen atoms in total. The molecule has 9 rings (SSSR count). The molecule has 198 valence electrons. The number of hydrogen-bond acceptors (Lipinski definition) is 2. The zero-order valence-electron chi connectivity index (χ0n) is 22.9. The minimum atomic E-state index is -0.0944. The Bertz CT molecular complexity index is 2500. The summed E-state index contributed by atoms with van der Waals surface area (Å²) in [5.41, 5.74) is 11.4. The molecule has 1 unspecified atom stereocenters.